The lowest BCUT2D eigenvalue weighted by Crippen LogP contribution is -2.48. The highest BCUT2D eigenvalue weighted by Gasteiger charge is 2.42. The number of methoxy groups -OCH3 is 1. The summed E-state index contributed by atoms with van der Waals surface area (Å²) in [5.41, 5.74) is 2.72. The molecule has 3 N–H and O–H groups in total. The van der Waals surface area contributed by atoms with Gasteiger partial charge in [-0.2, -0.15) is 0 Å². The van der Waals surface area contributed by atoms with E-state index >= 15 is 0 Å². The maximum absolute atomic E-state index is 14.2. The molecule has 0 aliphatic heterocycles. The van der Waals surface area contributed by atoms with Crippen LogP contribution in [-0.4, -0.2) is 18.9 Å². The van der Waals surface area contributed by atoms with E-state index in [0.717, 1.165) is 0 Å². The van der Waals surface area contributed by atoms with Crippen LogP contribution < -0.4 is 20.7 Å². The monoisotopic (exact) mass is 547 g/mol. The standard InChI is InChI=1S/C35H37N3O3/c1-25(32(39)36-29-18-16-26(17-19-29)34(2,3)4)24-35(27-12-8-6-9-13-27,33(40)37-28-14-10-7-11-15-28)38-30-20-22-31(41-5)23-21-30/h6-23,38H,1,24H2,2-5H3,(H,36,39)(H,37,40). The molecule has 0 bridgehead atoms. The first-order valence-electron chi connectivity index (χ1n) is 13.5. The van der Waals surface area contributed by atoms with E-state index in [0.29, 0.717) is 28.4 Å². The predicted octanol–water partition coefficient (Wildman–Crippen LogP) is 7.52. The summed E-state index contributed by atoms with van der Waals surface area (Å²) in [7, 11) is 1.60. The van der Waals surface area contributed by atoms with Crippen LogP contribution in [0.2, 0.25) is 0 Å². The molecule has 6 heteroatoms. The zero-order chi connectivity index (χ0) is 29.5. The maximum Gasteiger partial charge on any atom is 0.255 e. The molecule has 0 saturated heterocycles. The van der Waals surface area contributed by atoms with Gasteiger partial charge in [-0.25, -0.2) is 0 Å². The minimum absolute atomic E-state index is 0.000658. The second-order valence-corrected chi connectivity index (χ2v) is 11.0. The van der Waals surface area contributed by atoms with Crippen LogP contribution in [0.1, 0.15) is 38.3 Å². The Labute approximate surface area is 242 Å². The van der Waals surface area contributed by atoms with Gasteiger partial charge < -0.3 is 20.7 Å². The summed E-state index contributed by atoms with van der Waals surface area (Å²) in [4.78, 5) is 27.7. The van der Waals surface area contributed by atoms with Gasteiger partial charge in [0.1, 0.15) is 11.3 Å². The zero-order valence-electron chi connectivity index (χ0n) is 24.0. The second-order valence-electron chi connectivity index (χ2n) is 11.0. The number of carbonyl (C=O) groups is 2. The van der Waals surface area contributed by atoms with E-state index in [-0.39, 0.29) is 29.2 Å². The Morgan fingerprint density at radius 2 is 1.22 bits per heavy atom. The highest BCUT2D eigenvalue weighted by molar-refractivity contribution is 6.06. The molecule has 1 unspecified atom stereocenters. The summed E-state index contributed by atoms with van der Waals surface area (Å²) < 4.78 is 5.31. The molecular formula is C35H37N3O3. The lowest BCUT2D eigenvalue weighted by Gasteiger charge is -2.35. The summed E-state index contributed by atoms with van der Waals surface area (Å²) >= 11 is 0. The summed E-state index contributed by atoms with van der Waals surface area (Å²) in [6.45, 7) is 10.5. The number of nitrogens with one attached hydrogen (secondary N) is 3. The first-order chi connectivity index (χ1) is 19.6. The van der Waals surface area contributed by atoms with Gasteiger partial charge in [0.15, 0.2) is 0 Å². The molecule has 0 aliphatic carbocycles. The fraction of sp³-hybridized carbons (Fsp3) is 0.200. The smallest absolute Gasteiger partial charge is 0.255 e. The van der Waals surface area contributed by atoms with Gasteiger partial charge in [-0.3, -0.25) is 9.59 Å². The SMILES string of the molecule is C=C(CC(Nc1ccc(OC)cc1)(C(=O)Nc1ccccc1)c1ccccc1)C(=O)Nc1ccc(C(C)(C)C)cc1. The number of para-hydroxylation sites is 1. The van der Waals surface area contributed by atoms with Crippen LogP contribution in [0.4, 0.5) is 17.1 Å². The molecule has 0 heterocycles. The van der Waals surface area contributed by atoms with Crippen molar-refractivity contribution in [2.75, 3.05) is 23.1 Å². The molecule has 4 aromatic rings. The van der Waals surface area contributed by atoms with Crippen molar-refractivity contribution >= 4 is 28.9 Å². The number of rotatable bonds is 10. The van der Waals surface area contributed by atoms with E-state index in [9.17, 15) is 9.59 Å². The van der Waals surface area contributed by atoms with Crippen molar-refractivity contribution < 1.29 is 14.3 Å². The molecule has 0 aliphatic rings. The molecule has 0 radical (unpaired) electrons. The third-order valence-corrected chi connectivity index (χ3v) is 6.94. The number of hydrogen-bond acceptors (Lipinski definition) is 4. The number of hydrogen-bond donors (Lipinski definition) is 3. The number of anilines is 3. The number of amides is 2. The van der Waals surface area contributed by atoms with Crippen molar-refractivity contribution in [1.82, 2.24) is 0 Å². The highest BCUT2D eigenvalue weighted by atomic mass is 16.5. The van der Waals surface area contributed by atoms with Crippen LogP contribution in [0, 0.1) is 0 Å². The largest absolute Gasteiger partial charge is 0.497 e. The summed E-state index contributed by atoms with van der Waals surface area (Å²) in [5.74, 6) is 0.00270. The number of carbonyl (C=O) groups excluding carboxylic acids is 2. The molecule has 6 nitrogen and oxygen atoms in total. The van der Waals surface area contributed by atoms with Gasteiger partial charge in [0.05, 0.1) is 7.11 Å². The molecule has 4 rings (SSSR count). The summed E-state index contributed by atoms with van der Waals surface area (Å²) in [5, 5.41) is 9.43. The van der Waals surface area contributed by atoms with Gasteiger partial charge in [0.2, 0.25) is 0 Å². The minimum Gasteiger partial charge on any atom is -0.497 e. The lowest BCUT2D eigenvalue weighted by molar-refractivity contribution is -0.120. The molecule has 0 fully saturated rings. The van der Waals surface area contributed by atoms with Gasteiger partial charge in [-0.15, -0.1) is 0 Å². The predicted molar refractivity (Wildman–Crippen MR) is 167 cm³/mol. The van der Waals surface area contributed by atoms with E-state index < -0.39 is 5.54 Å². The molecule has 1 atom stereocenters. The first-order valence-corrected chi connectivity index (χ1v) is 13.5. The molecule has 2 amide bonds. The third kappa shape index (κ3) is 7.22. The van der Waals surface area contributed by atoms with E-state index in [1.165, 1.54) is 5.56 Å². The Kier molecular flexibility index (Phi) is 8.93. The minimum atomic E-state index is -1.36. The number of benzene rings is 4. The van der Waals surface area contributed by atoms with Crippen LogP contribution in [0.15, 0.2) is 121 Å². The first kappa shape index (κ1) is 29.2. The van der Waals surface area contributed by atoms with Crippen LogP contribution in [0.5, 0.6) is 5.75 Å². The fourth-order valence-electron chi connectivity index (χ4n) is 4.56. The third-order valence-electron chi connectivity index (χ3n) is 6.94. The van der Waals surface area contributed by atoms with Gasteiger partial charge in [-0.1, -0.05) is 88.0 Å². The Bertz CT molecular complexity index is 1480. The van der Waals surface area contributed by atoms with Crippen molar-refractivity contribution in [3.63, 3.8) is 0 Å². The Morgan fingerprint density at radius 1 is 0.683 bits per heavy atom. The van der Waals surface area contributed by atoms with Gasteiger partial charge >= 0.3 is 0 Å². The maximum atomic E-state index is 14.2. The van der Waals surface area contributed by atoms with E-state index in [1.54, 1.807) is 7.11 Å². The Hall–Kier alpha value is -4.84. The summed E-state index contributed by atoms with van der Waals surface area (Å²) in [6, 6.07) is 33.7. The van der Waals surface area contributed by atoms with Crippen molar-refractivity contribution in [1.29, 1.82) is 0 Å². The second kappa shape index (κ2) is 12.6. The van der Waals surface area contributed by atoms with Crippen LogP contribution in [-0.2, 0) is 20.5 Å². The van der Waals surface area contributed by atoms with Gasteiger partial charge in [0, 0.05) is 29.1 Å². The molecular weight excluding hydrogens is 510 g/mol. The van der Waals surface area contributed by atoms with Crippen molar-refractivity contribution in [2.45, 2.75) is 38.1 Å². The topological polar surface area (TPSA) is 79.5 Å². The number of ether oxygens (including phenoxy) is 1. The summed E-state index contributed by atoms with van der Waals surface area (Å²) in [6.07, 6.45) is 0.00756. The Morgan fingerprint density at radius 3 is 1.78 bits per heavy atom. The molecule has 0 spiro atoms. The van der Waals surface area contributed by atoms with E-state index in [2.05, 4.69) is 43.3 Å². The highest BCUT2D eigenvalue weighted by Crippen LogP contribution is 2.35. The fourth-order valence-corrected chi connectivity index (χ4v) is 4.56. The van der Waals surface area contributed by atoms with E-state index in [4.69, 9.17) is 4.74 Å². The van der Waals surface area contributed by atoms with Crippen molar-refractivity contribution in [3.8, 4) is 5.75 Å². The van der Waals surface area contributed by atoms with Crippen LogP contribution >= 0.6 is 0 Å². The van der Waals surface area contributed by atoms with Crippen molar-refractivity contribution in [3.05, 3.63) is 132 Å². The Balaban J connectivity index is 1.69. The lowest BCUT2D eigenvalue weighted by atomic mass is 9.82. The molecule has 41 heavy (non-hydrogen) atoms. The normalized spacial score (nSPS) is 12.5. The average molecular weight is 548 g/mol. The molecule has 0 aromatic heterocycles. The van der Waals surface area contributed by atoms with Gasteiger partial charge in [-0.05, 0) is 65.1 Å². The average Bonchev–Trinajstić information content (AvgIpc) is 2.98. The van der Waals surface area contributed by atoms with Crippen LogP contribution in [0.25, 0.3) is 0 Å². The van der Waals surface area contributed by atoms with Crippen molar-refractivity contribution in [2.24, 2.45) is 0 Å². The molecule has 0 saturated carbocycles. The molecule has 4 aromatic carbocycles. The van der Waals surface area contributed by atoms with Crippen LogP contribution in [0.3, 0.4) is 0 Å². The molecule has 210 valence electrons. The van der Waals surface area contributed by atoms with E-state index in [1.807, 2.05) is 109 Å². The zero-order valence-corrected chi connectivity index (χ0v) is 24.0. The quantitative estimate of drug-likeness (QED) is 0.179. The van der Waals surface area contributed by atoms with Gasteiger partial charge in [0.25, 0.3) is 11.8 Å².